The lowest BCUT2D eigenvalue weighted by Crippen LogP contribution is -2.32. The van der Waals surface area contributed by atoms with E-state index in [-0.39, 0.29) is 31.9 Å². The van der Waals surface area contributed by atoms with Crippen LogP contribution in [-0.4, -0.2) is 36.9 Å². The van der Waals surface area contributed by atoms with Crippen LogP contribution in [0.15, 0.2) is 181 Å². The number of hydrogen-bond acceptors (Lipinski definition) is 6. The van der Waals surface area contributed by atoms with Crippen molar-refractivity contribution < 1.29 is 25.3 Å². The van der Waals surface area contributed by atoms with E-state index < -0.39 is 30.1 Å². The molecule has 0 aliphatic carbocycles. The fraction of sp³-hybridized carbons (Fsp3) is 0.0500. The molecule has 0 aromatic heterocycles. The van der Waals surface area contributed by atoms with Gasteiger partial charge >= 0.3 is 0 Å². The molecule has 0 bridgehead atoms. The number of nitrogens with one attached hydrogen (secondary N) is 2. The first-order valence-electron chi connectivity index (χ1n) is 16.2. The van der Waals surface area contributed by atoms with Crippen molar-refractivity contribution in [3.05, 3.63) is 180 Å². The Bertz CT molecular complexity index is 2650. The van der Waals surface area contributed by atoms with E-state index in [1.165, 1.54) is 30.3 Å². The van der Waals surface area contributed by atoms with Gasteiger partial charge in [0.2, 0.25) is 0 Å². The number of sulfonamides is 3. The molecule has 6 aromatic rings. The molecule has 0 saturated heterocycles. The van der Waals surface area contributed by atoms with Crippen molar-refractivity contribution in [3.63, 3.8) is 0 Å². The molecule has 13 heteroatoms. The quantitative estimate of drug-likeness (QED) is 0.110. The smallest absolute Gasteiger partial charge is 0.284 e. The zero-order valence-corrected chi connectivity index (χ0v) is 31.0. The molecule has 0 unspecified atom stereocenters. The molecule has 0 heterocycles. The zero-order valence-electron chi connectivity index (χ0n) is 28.6. The molecule has 53 heavy (non-hydrogen) atoms. The third kappa shape index (κ3) is 8.78. The van der Waals surface area contributed by atoms with Crippen LogP contribution in [0.4, 0.5) is 5.69 Å². The average Bonchev–Trinajstić information content (AvgIpc) is 3.16. The predicted molar refractivity (Wildman–Crippen MR) is 209 cm³/mol. The van der Waals surface area contributed by atoms with Crippen molar-refractivity contribution in [2.75, 3.05) is 5.32 Å². The molecule has 6 rings (SSSR count). The third-order valence-electron chi connectivity index (χ3n) is 8.11. The second kappa shape index (κ2) is 15.4. The maximum atomic E-state index is 13.8. The van der Waals surface area contributed by atoms with Gasteiger partial charge in [-0.3, -0.25) is 4.72 Å². The van der Waals surface area contributed by atoms with Crippen LogP contribution in [0.5, 0.6) is 0 Å². The van der Waals surface area contributed by atoms with Gasteiger partial charge in [-0.05, 0) is 78.6 Å². The fourth-order valence-corrected chi connectivity index (χ4v) is 8.74. The summed E-state index contributed by atoms with van der Waals surface area (Å²) in [6.07, 6.45) is 0. The number of anilines is 1. The highest BCUT2D eigenvalue weighted by Crippen LogP contribution is 2.29. The first kappa shape index (κ1) is 36.9. The summed E-state index contributed by atoms with van der Waals surface area (Å²) in [5, 5.41) is 3.20. The normalized spacial score (nSPS) is 12.6. The van der Waals surface area contributed by atoms with Crippen molar-refractivity contribution >= 4 is 47.4 Å². The summed E-state index contributed by atoms with van der Waals surface area (Å²) < 4.78 is 90.7. The topological polar surface area (TPSA) is 151 Å². The lowest BCUT2D eigenvalue weighted by Gasteiger charge is -2.15. The van der Waals surface area contributed by atoms with E-state index in [0.29, 0.717) is 16.8 Å². The van der Waals surface area contributed by atoms with Crippen LogP contribution in [0, 0.1) is 13.8 Å². The number of hydrogen-bond donors (Lipinski definition) is 2. The maximum absolute atomic E-state index is 13.8. The van der Waals surface area contributed by atoms with E-state index >= 15 is 0 Å². The molecule has 0 aliphatic heterocycles. The molecule has 0 atom stereocenters. The van der Waals surface area contributed by atoms with Gasteiger partial charge in [0.25, 0.3) is 30.1 Å². The molecular weight excluding hydrogens is 729 g/mol. The number of nitrogens with zero attached hydrogens (tertiary/aromatic N) is 2. The van der Waals surface area contributed by atoms with Gasteiger partial charge in [0.15, 0.2) is 11.7 Å². The molecule has 0 aliphatic rings. The van der Waals surface area contributed by atoms with Gasteiger partial charge in [-0.2, -0.15) is 16.8 Å². The van der Waals surface area contributed by atoms with Crippen molar-refractivity contribution in [2.24, 2.45) is 8.80 Å². The maximum Gasteiger partial charge on any atom is 0.284 e. The Balaban J connectivity index is 1.29. The average molecular weight is 763 g/mol. The largest absolute Gasteiger partial charge is 0.339 e. The summed E-state index contributed by atoms with van der Waals surface area (Å²) in [6, 6.07) is 43.0. The van der Waals surface area contributed by atoms with Crippen molar-refractivity contribution in [1.29, 1.82) is 0 Å². The molecule has 0 saturated carbocycles. The van der Waals surface area contributed by atoms with Crippen LogP contribution in [0.1, 0.15) is 22.3 Å². The van der Waals surface area contributed by atoms with Crippen LogP contribution >= 0.6 is 0 Å². The van der Waals surface area contributed by atoms with Crippen LogP contribution in [0.2, 0.25) is 0 Å². The van der Waals surface area contributed by atoms with Crippen LogP contribution < -0.4 is 10.0 Å². The summed E-state index contributed by atoms with van der Waals surface area (Å²) in [7, 11) is -12.6. The highest BCUT2D eigenvalue weighted by atomic mass is 32.2. The van der Waals surface area contributed by atoms with Gasteiger partial charge in [-0.1, -0.05) is 115 Å². The molecule has 10 nitrogen and oxygen atoms in total. The Hall–Kier alpha value is -5.89. The molecule has 0 spiro atoms. The van der Waals surface area contributed by atoms with E-state index in [4.69, 9.17) is 0 Å². The van der Waals surface area contributed by atoms with Crippen LogP contribution in [0.3, 0.4) is 0 Å². The first-order valence-corrected chi connectivity index (χ1v) is 20.6. The van der Waals surface area contributed by atoms with Crippen molar-refractivity contribution in [3.8, 4) is 11.1 Å². The Kier molecular flexibility index (Phi) is 10.7. The predicted octanol–water partition coefficient (Wildman–Crippen LogP) is 7.33. The van der Waals surface area contributed by atoms with Crippen molar-refractivity contribution in [1.82, 2.24) is 4.72 Å². The summed E-state index contributed by atoms with van der Waals surface area (Å²) in [6.45, 7) is 3.51. The molecular formula is C40H34N4O6S3. The summed E-state index contributed by atoms with van der Waals surface area (Å²) in [5.74, 6) is -0.190. The standard InChI is InChI=1S/C40H34N4O6S3/c1-29-27-33(23-25-37(29)41-39(31-15-7-3-8-16-31)42-51(45,46)35-19-11-5-12-20-35)34-24-26-38(30(2)28-34)53(49,50)44-40(32-17-9-4-10-18-32)43-52(47,48)36-21-13-6-14-22-36/h3-28H,1-2H3,(H,41,42)(H,43,44). The Morgan fingerprint density at radius 1 is 0.472 bits per heavy atom. The second-order valence-corrected chi connectivity index (χ2v) is 16.8. The summed E-state index contributed by atoms with van der Waals surface area (Å²) in [4.78, 5) is -0.0649. The lowest BCUT2D eigenvalue weighted by molar-refractivity contribution is 0.591. The van der Waals surface area contributed by atoms with Gasteiger partial charge < -0.3 is 5.32 Å². The minimum Gasteiger partial charge on any atom is -0.339 e. The molecule has 2 N–H and O–H groups in total. The van der Waals surface area contributed by atoms with Gasteiger partial charge in [0.05, 0.1) is 14.7 Å². The SMILES string of the molecule is Cc1cc(-c2ccc(S(=O)(=O)N/C(=N/S(=O)(=O)c3ccccc3)c3ccccc3)c(C)c2)ccc1N/C(=N\S(=O)(=O)c1ccccc1)c1ccccc1. The Morgan fingerprint density at radius 3 is 1.36 bits per heavy atom. The highest BCUT2D eigenvalue weighted by Gasteiger charge is 2.23. The Morgan fingerprint density at radius 2 is 0.887 bits per heavy atom. The minimum atomic E-state index is -4.30. The first-order chi connectivity index (χ1) is 25.3. The molecule has 0 fully saturated rings. The van der Waals surface area contributed by atoms with Gasteiger partial charge in [0.1, 0.15) is 0 Å². The minimum absolute atomic E-state index is 0.0552. The highest BCUT2D eigenvalue weighted by molar-refractivity contribution is 7.91. The monoisotopic (exact) mass is 762 g/mol. The van der Waals surface area contributed by atoms with Gasteiger partial charge in [-0.25, -0.2) is 8.42 Å². The fourth-order valence-electron chi connectivity index (χ4n) is 5.42. The van der Waals surface area contributed by atoms with E-state index in [1.54, 1.807) is 116 Å². The lowest BCUT2D eigenvalue weighted by atomic mass is 10.0. The summed E-state index contributed by atoms with van der Waals surface area (Å²) in [5.41, 5.74) is 4.17. The van der Waals surface area contributed by atoms with E-state index in [2.05, 4.69) is 18.8 Å². The molecule has 268 valence electrons. The molecule has 6 aromatic carbocycles. The zero-order chi connectivity index (χ0) is 37.6. The summed E-state index contributed by atoms with van der Waals surface area (Å²) >= 11 is 0. The Labute approximate surface area is 309 Å². The number of aryl methyl sites for hydroxylation is 2. The van der Waals surface area contributed by atoms with Crippen LogP contribution in [0.25, 0.3) is 11.1 Å². The van der Waals surface area contributed by atoms with Crippen molar-refractivity contribution in [2.45, 2.75) is 28.5 Å². The number of benzene rings is 6. The number of amidine groups is 2. The second-order valence-electron chi connectivity index (χ2n) is 11.9. The van der Waals surface area contributed by atoms with E-state index in [9.17, 15) is 25.3 Å². The van der Waals surface area contributed by atoms with Crippen LogP contribution in [-0.2, 0) is 30.1 Å². The van der Waals surface area contributed by atoms with Gasteiger partial charge in [-0.15, -0.1) is 8.80 Å². The molecule has 0 amide bonds. The third-order valence-corrected chi connectivity index (χ3v) is 12.2. The van der Waals surface area contributed by atoms with E-state index in [0.717, 1.165) is 16.7 Å². The number of rotatable bonds is 10. The van der Waals surface area contributed by atoms with Gasteiger partial charge in [0, 0.05) is 16.8 Å². The molecule has 0 radical (unpaired) electrons. The van der Waals surface area contributed by atoms with E-state index in [1.807, 2.05) is 25.1 Å².